The molecule has 0 amide bonds. The summed E-state index contributed by atoms with van der Waals surface area (Å²) >= 11 is 0. The van der Waals surface area contributed by atoms with Gasteiger partial charge < -0.3 is 5.73 Å². The highest BCUT2D eigenvalue weighted by molar-refractivity contribution is 5.33. The topological polar surface area (TPSA) is 82.5 Å². The van der Waals surface area contributed by atoms with Crippen molar-refractivity contribution in [2.45, 2.75) is 13.0 Å². The third-order valence-electron chi connectivity index (χ3n) is 3.01. The minimum atomic E-state index is -0.396. The van der Waals surface area contributed by atoms with E-state index in [4.69, 9.17) is 5.73 Å². The SMILES string of the molecule is Cc1nccc(C(N)c2cnnn2-c2ccccc2)n1. The summed E-state index contributed by atoms with van der Waals surface area (Å²) in [7, 11) is 0. The van der Waals surface area contributed by atoms with Crippen molar-refractivity contribution < 1.29 is 0 Å². The van der Waals surface area contributed by atoms with Crippen molar-refractivity contribution in [3.63, 3.8) is 0 Å². The predicted molar refractivity (Wildman–Crippen MR) is 74.2 cm³/mol. The molecule has 0 saturated carbocycles. The summed E-state index contributed by atoms with van der Waals surface area (Å²) in [5.41, 5.74) is 8.73. The number of para-hydroxylation sites is 1. The molecule has 0 bridgehead atoms. The normalized spacial score (nSPS) is 12.3. The Labute approximate surface area is 116 Å². The highest BCUT2D eigenvalue weighted by atomic mass is 15.4. The van der Waals surface area contributed by atoms with Crippen LogP contribution in [-0.2, 0) is 0 Å². The van der Waals surface area contributed by atoms with Crippen LogP contribution in [0.3, 0.4) is 0 Å². The Hall–Kier alpha value is -2.60. The van der Waals surface area contributed by atoms with E-state index in [1.54, 1.807) is 23.1 Å². The Bertz CT molecular complexity index is 706. The zero-order chi connectivity index (χ0) is 13.9. The first kappa shape index (κ1) is 12.4. The fourth-order valence-corrected chi connectivity index (χ4v) is 2.02. The molecule has 2 aromatic heterocycles. The van der Waals surface area contributed by atoms with Gasteiger partial charge in [-0.3, -0.25) is 0 Å². The van der Waals surface area contributed by atoms with Gasteiger partial charge in [0.25, 0.3) is 0 Å². The Morgan fingerprint density at radius 2 is 1.95 bits per heavy atom. The minimum Gasteiger partial charge on any atom is -0.318 e. The summed E-state index contributed by atoms with van der Waals surface area (Å²) in [4.78, 5) is 8.44. The molecule has 2 N–H and O–H groups in total. The van der Waals surface area contributed by atoms with Gasteiger partial charge in [0.05, 0.1) is 29.3 Å². The average molecular weight is 266 g/mol. The third kappa shape index (κ3) is 2.28. The summed E-state index contributed by atoms with van der Waals surface area (Å²) in [5.74, 6) is 0.691. The molecule has 1 unspecified atom stereocenters. The van der Waals surface area contributed by atoms with Crippen LogP contribution in [0.1, 0.15) is 23.3 Å². The van der Waals surface area contributed by atoms with E-state index in [1.807, 2.05) is 37.3 Å². The quantitative estimate of drug-likeness (QED) is 0.775. The number of nitrogens with two attached hydrogens (primary N) is 1. The molecule has 0 radical (unpaired) electrons. The van der Waals surface area contributed by atoms with E-state index in [0.29, 0.717) is 5.82 Å². The summed E-state index contributed by atoms with van der Waals surface area (Å²) in [6.07, 6.45) is 3.36. The maximum absolute atomic E-state index is 6.28. The van der Waals surface area contributed by atoms with E-state index in [1.165, 1.54) is 0 Å². The van der Waals surface area contributed by atoms with Gasteiger partial charge in [-0.25, -0.2) is 14.6 Å². The number of aromatic nitrogens is 5. The molecule has 0 fully saturated rings. The van der Waals surface area contributed by atoms with Crippen LogP contribution in [0.4, 0.5) is 0 Å². The van der Waals surface area contributed by atoms with Crippen molar-refractivity contribution in [2.24, 2.45) is 5.73 Å². The molecule has 6 heteroatoms. The number of aryl methyl sites for hydroxylation is 1. The number of benzene rings is 1. The molecular formula is C14H14N6. The van der Waals surface area contributed by atoms with Crippen molar-refractivity contribution in [3.05, 3.63) is 66.0 Å². The van der Waals surface area contributed by atoms with Gasteiger partial charge >= 0.3 is 0 Å². The lowest BCUT2D eigenvalue weighted by Gasteiger charge is -2.13. The molecule has 20 heavy (non-hydrogen) atoms. The maximum Gasteiger partial charge on any atom is 0.125 e. The third-order valence-corrected chi connectivity index (χ3v) is 3.01. The van der Waals surface area contributed by atoms with Crippen molar-refractivity contribution in [1.29, 1.82) is 0 Å². The van der Waals surface area contributed by atoms with Crippen LogP contribution in [0.2, 0.25) is 0 Å². The van der Waals surface area contributed by atoms with Crippen LogP contribution >= 0.6 is 0 Å². The lowest BCUT2D eigenvalue weighted by Crippen LogP contribution is -2.18. The van der Waals surface area contributed by atoms with Crippen molar-refractivity contribution in [2.75, 3.05) is 0 Å². The second-order valence-corrected chi connectivity index (χ2v) is 4.41. The summed E-state index contributed by atoms with van der Waals surface area (Å²) in [6.45, 7) is 1.84. The van der Waals surface area contributed by atoms with Gasteiger partial charge in [-0.15, -0.1) is 5.10 Å². The summed E-state index contributed by atoms with van der Waals surface area (Å²) in [6, 6.07) is 11.2. The Morgan fingerprint density at radius 3 is 2.70 bits per heavy atom. The maximum atomic E-state index is 6.28. The number of hydrogen-bond acceptors (Lipinski definition) is 5. The van der Waals surface area contributed by atoms with Gasteiger partial charge in [-0.1, -0.05) is 23.4 Å². The largest absolute Gasteiger partial charge is 0.318 e. The van der Waals surface area contributed by atoms with Crippen LogP contribution in [0.5, 0.6) is 0 Å². The minimum absolute atomic E-state index is 0.396. The first-order chi connectivity index (χ1) is 9.75. The first-order valence-electron chi connectivity index (χ1n) is 6.27. The molecule has 100 valence electrons. The first-order valence-corrected chi connectivity index (χ1v) is 6.27. The molecule has 0 aliphatic carbocycles. The van der Waals surface area contributed by atoms with Crippen molar-refractivity contribution in [3.8, 4) is 5.69 Å². The summed E-state index contributed by atoms with van der Waals surface area (Å²) < 4.78 is 1.72. The monoisotopic (exact) mass is 266 g/mol. The Kier molecular flexibility index (Phi) is 3.22. The van der Waals surface area contributed by atoms with Gasteiger partial charge in [-0.05, 0) is 25.1 Å². The van der Waals surface area contributed by atoms with Gasteiger partial charge in [0.2, 0.25) is 0 Å². The van der Waals surface area contributed by atoms with Crippen molar-refractivity contribution in [1.82, 2.24) is 25.0 Å². The lowest BCUT2D eigenvalue weighted by molar-refractivity contribution is 0.702. The van der Waals surface area contributed by atoms with Crippen LogP contribution in [0, 0.1) is 6.92 Å². The van der Waals surface area contributed by atoms with Crippen LogP contribution in [-0.4, -0.2) is 25.0 Å². The fourth-order valence-electron chi connectivity index (χ4n) is 2.02. The van der Waals surface area contributed by atoms with Gasteiger partial charge in [0, 0.05) is 6.20 Å². The molecule has 0 aliphatic rings. The van der Waals surface area contributed by atoms with Crippen molar-refractivity contribution >= 4 is 0 Å². The second kappa shape index (κ2) is 5.18. The lowest BCUT2D eigenvalue weighted by atomic mass is 10.1. The average Bonchev–Trinajstić information content (AvgIpc) is 2.97. The second-order valence-electron chi connectivity index (χ2n) is 4.41. The Balaban J connectivity index is 2.02. The smallest absolute Gasteiger partial charge is 0.125 e. The molecular weight excluding hydrogens is 252 g/mol. The molecule has 0 spiro atoms. The molecule has 3 aromatic rings. The van der Waals surface area contributed by atoms with Crippen LogP contribution < -0.4 is 5.73 Å². The molecule has 2 heterocycles. The van der Waals surface area contributed by atoms with E-state index in [0.717, 1.165) is 17.1 Å². The molecule has 0 saturated heterocycles. The number of hydrogen-bond donors (Lipinski definition) is 1. The number of rotatable bonds is 3. The zero-order valence-corrected chi connectivity index (χ0v) is 11.0. The number of nitrogens with zero attached hydrogens (tertiary/aromatic N) is 5. The fraction of sp³-hybridized carbons (Fsp3) is 0.143. The van der Waals surface area contributed by atoms with Gasteiger partial charge in [-0.2, -0.15) is 0 Å². The standard InChI is InChI=1S/C14H14N6/c1-10-16-8-7-12(18-10)14(15)13-9-17-19-20(13)11-5-3-2-4-6-11/h2-9,14H,15H2,1H3. The van der Waals surface area contributed by atoms with E-state index in [9.17, 15) is 0 Å². The van der Waals surface area contributed by atoms with E-state index < -0.39 is 6.04 Å². The van der Waals surface area contributed by atoms with Crippen LogP contribution in [0.15, 0.2) is 48.8 Å². The van der Waals surface area contributed by atoms with Crippen LogP contribution in [0.25, 0.3) is 5.69 Å². The summed E-state index contributed by atoms with van der Waals surface area (Å²) in [5, 5.41) is 8.06. The zero-order valence-electron chi connectivity index (χ0n) is 11.0. The highest BCUT2D eigenvalue weighted by Crippen LogP contribution is 2.19. The highest BCUT2D eigenvalue weighted by Gasteiger charge is 2.17. The molecule has 3 rings (SSSR count). The van der Waals surface area contributed by atoms with Gasteiger partial charge in [0.1, 0.15) is 5.82 Å². The molecule has 0 aliphatic heterocycles. The van der Waals surface area contributed by atoms with Gasteiger partial charge in [0.15, 0.2) is 0 Å². The van der Waals surface area contributed by atoms with E-state index >= 15 is 0 Å². The van der Waals surface area contributed by atoms with E-state index in [2.05, 4.69) is 20.3 Å². The molecule has 1 atom stereocenters. The molecule has 6 nitrogen and oxygen atoms in total. The molecule has 1 aromatic carbocycles. The van der Waals surface area contributed by atoms with E-state index in [-0.39, 0.29) is 0 Å². The predicted octanol–water partition coefficient (Wildman–Crippen LogP) is 1.41. The Morgan fingerprint density at radius 1 is 1.15 bits per heavy atom.